The number of ether oxygens (including phenoxy) is 2. The first-order valence-electron chi connectivity index (χ1n) is 16.8. The largest absolute Gasteiger partial charge is 0.481 e. The number of rotatable bonds is 19. The molecule has 1 aliphatic rings. The zero-order valence-electron chi connectivity index (χ0n) is 30.8. The van der Waals surface area contributed by atoms with E-state index >= 15 is 0 Å². The van der Waals surface area contributed by atoms with Crippen molar-refractivity contribution in [3.05, 3.63) is 53.5 Å². The van der Waals surface area contributed by atoms with Gasteiger partial charge in [-0.15, -0.1) is 6.42 Å². The number of nitrogens with zero attached hydrogens (tertiary/aromatic N) is 3. The van der Waals surface area contributed by atoms with Crippen LogP contribution in [-0.2, 0) is 19.1 Å². The second-order valence-corrected chi connectivity index (χ2v) is 9.85. The van der Waals surface area contributed by atoms with Crippen molar-refractivity contribution in [3.63, 3.8) is 0 Å². The van der Waals surface area contributed by atoms with E-state index in [2.05, 4.69) is 38.8 Å². The Hall–Kier alpha value is -5.00. The van der Waals surface area contributed by atoms with Gasteiger partial charge in [0.2, 0.25) is 6.41 Å². The molecule has 1 aromatic rings. The molecule has 14 heteroatoms. The normalized spacial score (nSPS) is 12.4. The van der Waals surface area contributed by atoms with Gasteiger partial charge in [0.05, 0.1) is 43.6 Å². The standard InChI is InChI=1S/C24H33N7O3.C8H13NO3.2C2H6/c1-4-5-7-20-22(23(26)29-16(2)25)30-18(14-28-20)15-31(3)19-11-9-17(10-12-19)24(34)27-13-6-8-21(32)33;1-2-4-11-6-7-12-5-3-9-8-10;2*1-2/h7,9-12,14,28H,4-6,8,13,15H2,1-3H3,(H,27,34)(H,32,33)(H3,25,26,29);1,8H,3-7H2,(H,9,10);2*1-2H3/b20-7-;;;. The number of nitrogens with two attached hydrogens (primary N) is 1. The van der Waals surface area contributed by atoms with Crippen LogP contribution in [0.15, 0.2) is 57.9 Å². The molecule has 0 saturated carbocycles. The minimum atomic E-state index is -0.881. The van der Waals surface area contributed by atoms with Crippen LogP contribution in [0.4, 0.5) is 5.69 Å². The first-order chi connectivity index (χ1) is 24.1. The zero-order chi connectivity index (χ0) is 38.2. The second-order valence-electron chi connectivity index (χ2n) is 9.85. The average molecular weight is 699 g/mol. The van der Waals surface area contributed by atoms with Gasteiger partial charge in [-0.3, -0.25) is 19.8 Å². The fourth-order valence-electron chi connectivity index (χ4n) is 3.69. The molecule has 0 aliphatic carbocycles. The Bertz CT molecular complexity index is 1300. The molecule has 2 amide bonds. The zero-order valence-corrected chi connectivity index (χ0v) is 30.8. The summed E-state index contributed by atoms with van der Waals surface area (Å²) in [4.78, 5) is 43.2. The molecule has 50 heavy (non-hydrogen) atoms. The number of hydrogen-bond donors (Lipinski definition) is 6. The summed E-state index contributed by atoms with van der Waals surface area (Å²) in [5.41, 5.74) is 8.95. The van der Waals surface area contributed by atoms with E-state index in [1.807, 2.05) is 64.1 Å². The number of unbranched alkanes of at least 4 members (excludes halogenated alkanes) is 1. The van der Waals surface area contributed by atoms with Gasteiger partial charge < -0.3 is 41.2 Å². The van der Waals surface area contributed by atoms with Crippen LogP contribution >= 0.6 is 0 Å². The maximum Gasteiger partial charge on any atom is 0.303 e. The number of terminal acetylenes is 1. The Morgan fingerprint density at radius 1 is 1.14 bits per heavy atom. The van der Waals surface area contributed by atoms with E-state index < -0.39 is 5.97 Å². The van der Waals surface area contributed by atoms with Crippen LogP contribution in [0.5, 0.6) is 0 Å². The first-order valence-corrected chi connectivity index (χ1v) is 16.8. The predicted octanol–water partition coefficient (Wildman–Crippen LogP) is 4.09. The van der Waals surface area contributed by atoms with Crippen molar-refractivity contribution in [2.24, 2.45) is 15.7 Å². The molecule has 278 valence electrons. The van der Waals surface area contributed by atoms with E-state index in [0.29, 0.717) is 76.0 Å². The molecule has 0 bridgehead atoms. The van der Waals surface area contributed by atoms with Crippen LogP contribution < -0.4 is 26.6 Å². The van der Waals surface area contributed by atoms with Gasteiger partial charge in [-0.05, 0) is 44.0 Å². The Morgan fingerprint density at radius 3 is 2.38 bits per heavy atom. The number of nitrogens with one attached hydrogen (secondary N) is 4. The Morgan fingerprint density at radius 2 is 1.80 bits per heavy atom. The summed E-state index contributed by atoms with van der Waals surface area (Å²) in [5, 5.41) is 25.3. The molecule has 1 aromatic carbocycles. The predicted molar refractivity (Wildman–Crippen MR) is 203 cm³/mol. The van der Waals surface area contributed by atoms with Crippen LogP contribution in [0.3, 0.4) is 0 Å². The average Bonchev–Trinajstić information content (AvgIpc) is 3.12. The molecule has 1 aliphatic heterocycles. The highest BCUT2D eigenvalue weighted by molar-refractivity contribution is 6.48. The number of aliphatic carboxylic acids is 1. The lowest BCUT2D eigenvalue weighted by Crippen LogP contribution is -2.30. The van der Waals surface area contributed by atoms with Gasteiger partial charge in [-0.1, -0.05) is 53.0 Å². The van der Waals surface area contributed by atoms with Crippen molar-refractivity contribution in [2.75, 3.05) is 58.0 Å². The molecule has 0 fully saturated rings. The van der Waals surface area contributed by atoms with Crippen LogP contribution in [-0.4, -0.2) is 93.9 Å². The number of aliphatic imine (C=N–C) groups is 2. The summed E-state index contributed by atoms with van der Waals surface area (Å²) >= 11 is 0. The van der Waals surface area contributed by atoms with Crippen molar-refractivity contribution >= 4 is 41.4 Å². The number of hydrogen-bond acceptors (Lipinski definition) is 9. The van der Waals surface area contributed by atoms with Gasteiger partial charge in [0, 0.05) is 44.0 Å². The summed E-state index contributed by atoms with van der Waals surface area (Å²) in [6.45, 7) is 14.8. The number of carboxylic acids is 1. The van der Waals surface area contributed by atoms with Gasteiger partial charge in [-0.2, -0.15) is 0 Å². The number of carboxylic acid groups (broad SMARTS) is 1. The number of likely N-dealkylation sites (N-methyl/N-ethyl adjacent to an activating group) is 1. The topological polar surface area (TPSA) is 204 Å². The second kappa shape index (κ2) is 31.3. The Balaban J connectivity index is 0. The summed E-state index contributed by atoms with van der Waals surface area (Å²) in [6.07, 6.45) is 11.6. The van der Waals surface area contributed by atoms with E-state index in [1.54, 1.807) is 19.1 Å². The van der Waals surface area contributed by atoms with Crippen LogP contribution in [0.25, 0.3) is 0 Å². The van der Waals surface area contributed by atoms with E-state index in [9.17, 15) is 14.4 Å². The van der Waals surface area contributed by atoms with Crippen molar-refractivity contribution in [1.82, 2.24) is 16.0 Å². The monoisotopic (exact) mass is 698 g/mol. The Kier molecular flexibility index (Phi) is 29.5. The van der Waals surface area contributed by atoms with Gasteiger partial charge >= 0.3 is 5.97 Å². The summed E-state index contributed by atoms with van der Waals surface area (Å²) in [5.74, 6) is 1.51. The minimum Gasteiger partial charge on any atom is -0.481 e. The maximum absolute atomic E-state index is 12.2. The minimum absolute atomic E-state index is 0.00169. The molecule has 0 radical (unpaired) electrons. The fraction of sp³-hybridized carbons (Fsp3) is 0.500. The van der Waals surface area contributed by atoms with Crippen molar-refractivity contribution < 1.29 is 29.0 Å². The van der Waals surface area contributed by atoms with Gasteiger partial charge in [-0.25, -0.2) is 9.98 Å². The lowest BCUT2D eigenvalue weighted by Gasteiger charge is -2.23. The van der Waals surface area contributed by atoms with E-state index in [4.69, 9.17) is 32.1 Å². The molecule has 2 rings (SSSR count). The molecular formula is C36H58N8O6. The lowest BCUT2D eigenvalue weighted by atomic mass is 10.1. The number of benzene rings is 1. The molecule has 0 unspecified atom stereocenters. The number of amides is 2. The Labute approximate surface area is 298 Å². The SMILES string of the molecule is C#CCOCCOCCNC=O.CC.CC.CCC/C=C1\NC=C(CN(C)c2ccc(C(=O)NCCCC(=O)O)cc2)N=C1C(=N)N=C(C)N. The fourth-order valence-corrected chi connectivity index (χ4v) is 3.69. The van der Waals surface area contributed by atoms with Crippen LogP contribution in [0.1, 0.15) is 77.6 Å². The molecule has 0 atom stereocenters. The van der Waals surface area contributed by atoms with Crippen LogP contribution in [0.2, 0.25) is 0 Å². The maximum atomic E-state index is 12.2. The smallest absolute Gasteiger partial charge is 0.303 e. The summed E-state index contributed by atoms with van der Waals surface area (Å²) in [7, 11) is 1.91. The van der Waals surface area contributed by atoms with Gasteiger partial charge in [0.1, 0.15) is 12.3 Å². The highest BCUT2D eigenvalue weighted by Crippen LogP contribution is 2.18. The number of amidine groups is 2. The van der Waals surface area contributed by atoms with Gasteiger partial charge in [0.25, 0.3) is 5.91 Å². The van der Waals surface area contributed by atoms with E-state index in [0.717, 1.165) is 29.9 Å². The highest BCUT2D eigenvalue weighted by atomic mass is 16.5. The van der Waals surface area contributed by atoms with Crippen molar-refractivity contribution in [3.8, 4) is 12.3 Å². The third-order valence-electron chi connectivity index (χ3n) is 5.91. The lowest BCUT2D eigenvalue weighted by molar-refractivity contribution is -0.137. The highest BCUT2D eigenvalue weighted by Gasteiger charge is 2.18. The molecule has 0 aromatic heterocycles. The van der Waals surface area contributed by atoms with Gasteiger partial charge in [0.15, 0.2) is 5.84 Å². The summed E-state index contributed by atoms with van der Waals surface area (Å²) < 4.78 is 10.0. The van der Waals surface area contributed by atoms with E-state index in [1.165, 1.54) is 0 Å². The number of anilines is 1. The van der Waals surface area contributed by atoms with Crippen molar-refractivity contribution in [2.45, 2.75) is 67.2 Å². The van der Waals surface area contributed by atoms with Crippen LogP contribution in [0, 0.1) is 17.8 Å². The number of allylic oxidation sites excluding steroid dienone is 1. The number of carbonyl (C=O) groups excluding carboxylic acids is 2. The third-order valence-corrected chi connectivity index (χ3v) is 5.91. The van der Waals surface area contributed by atoms with Crippen molar-refractivity contribution in [1.29, 1.82) is 5.41 Å². The number of carbonyl (C=O) groups is 3. The summed E-state index contributed by atoms with van der Waals surface area (Å²) in [6, 6.07) is 7.12. The molecule has 14 nitrogen and oxygen atoms in total. The quantitative estimate of drug-likeness (QED) is 0.0404. The first kappa shape index (κ1) is 47.1. The molecule has 7 N–H and O–H groups in total. The molecule has 0 saturated heterocycles. The molecular weight excluding hydrogens is 640 g/mol. The molecule has 1 heterocycles. The molecule has 0 spiro atoms. The third kappa shape index (κ3) is 22.5. The van der Waals surface area contributed by atoms with E-state index in [-0.39, 0.29) is 18.2 Å².